The topological polar surface area (TPSA) is 18.5 Å². The fourth-order valence-electron chi connectivity index (χ4n) is 3.58. The summed E-state index contributed by atoms with van der Waals surface area (Å²) in [5, 5.41) is 0. The van der Waals surface area contributed by atoms with Gasteiger partial charge >= 0.3 is 0 Å². The zero-order valence-corrected chi connectivity index (χ0v) is 18.7. The first kappa shape index (κ1) is 23.2. The van der Waals surface area contributed by atoms with Gasteiger partial charge in [0.2, 0.25) is 0 Å². The van der Waals surface area contributed by atoms with Crippen LogP contribution >= 0.6 is 0 Å². The SMILES string of the molecule is C=Cc1ccc(-c2ccc(COc3ccc(-c4ccc(OCC)c(F)c4)cc3)c(F)c2F)cc1. The first-order valence-corrected chi connectivity index (χ1v) is 10.9. The van der Waals surface area contributed by atoms with Gasteiger partial charge in [0.1, 0.15) is 12.4 Å². The maximum absolute atomic E-state index is 14.7. The van der Waals surface area contributed by atoms with E-state index in [1.165, 1.54) is 12.1 Å². The quantitative estimate of drug-likeness (QED) is 0.265. The van der Waals surface area contributed by atoms with Gasteiger partial charge in [-0.2, -0.15) is 0 Å². The van der Waals surface area contributed by atoms with E-state index in [2.05, 4.69) is 6.58 Å². The summed E-state index contributed by atoms with van der Waals surface area (Å²) in [6, 6.07) is 21.8. The van der Waals surface area contributed by atoms with E-state index in [0.29, 0.717) is 23.5 Å². The highest BCUT2D eigenvalue weighted by Crippen LogP contribution is 2.29. The van der Waals surface area contributed by atoms with Crippen molar-refractivity contribution in [1.29, 1.82) is 0 Å². The van der Waals surface area contributed by atoms with Crippen LogP contribution in [0.1, 0.15) is 18.1 Å². The van der Waals surface area contributed by atoms with Crippen LogP contribution in [0.3, 0.4) is 0 Å². The fourth-order valence-corrected chi connectivity index (χ4v) is 3.58. The van der Waals surface area contributed by atoms with Crippen LogP contribution in [-0.4, -0.2) is 6.61 Å². The standard InChI is InChI=1S/C29H23F3O2/c1-3-19-5-7-21(8-6-19)25-15-11-23(28(31)29(25)32)18-34-24-13-9-20(10-14-24)22-12-16-27(33-4-2)26(30)17-22/h3,5-17H,1,4,18H2,2H3. The normalized spacial score (nSPS) is 10.7. The number of hydrogen-bond acceptors (Lipinski definition) is 2. The molecule has 0 unspecified atom stereocenters. The average Bonchev–Trinajstić information content (AvgIpc) is 2.87. The van der Waals surface area contributed by atoms with Crippen LogP contribution in [-0.2, 0) is 6.61 Å². The Morgan fingerprint density at radius 1 is 0.735 bits per heavy atom. The molecule has 2 nitrogen and oxygen atoms in total. The number of halogens is 3. The Morgan fingerprint density at radius 2 is 1.41 bits per heavy atom. The minimum atomic E-state index is -0.938. The predicted molar refractivity (Wildman–Crippen MR) is 129 cm³/mol. The summed E-state index contributed by atoms with van der Waals surface area (Å²) >= 11 is 0. The van der Waals surface area contributed by atoms with Crippen molar-refractivity contribution in [1.82, 2.24) is 0 Å². The largest absolute Gasteiger partial charge is 0.491 e. The molecule has 172 valence electrons. The van der Waals surface area contributed by atoms with Crippen molar-refractivity contribution in [3.63, 3.8) is 0 Å². The van der Waals surface area contributed by atoms with Gasteiger partial charge in [-0.25, -0.2) is 13.2 Å². The van der Waals surface area contributed by atoms with Gasteiger partial charge in [0.05, 0.1) is 6.61 Å². The van der Waals surface area contributed by atoms with Crippen molar-refractivity contribution in [2.24, 2.45) is 0 Å². The van der Waals surface area contributed by atoms with E-state index >= 15 is 0 Å². The third-order valence-electron chi connectivity index (χ3n) is 5.43. The summed E-state index contributed by atoms with van der Waals surface area (Å²) < 4.78 is 54.4. The van der Waals surface area contributed by atoms with Gasteiger partial charge in [-0.1, -0.05) is 67.3 Å². The predicted octanol–water partition coefficient (Wildman–Crippen LogP) is 8.06. The Labute approximate surface area is 196 Å². The van der Waals surface area contributed by atoms with E-state index < -0.39 is 17.5 Å². The van der Waals surface area contributed by atoms with Crippen LogP contribution in [0, 0.1) is 17.5 Å². The van der Waals surface area contributed by atoms with Crippen molar-refractivity contribution >= 4 is 6.08 Å². The maximum atomic E-state index is 14.7. The van der Waals surface area contributed by atoms with Gasteiger partial charge in [0, 0.05) is 11.1 Å². The Bertz CT molecular complexity index is 1300. The molecule has 4 aromatic rings. The molecule has 0 radical (unpaired) electrons. The lowest BCUT2D eigenvalue weighted by molar-refractivity contribution is 0.297. The molecule has 0 heterocycles. The second-order valence-corrected chi connectivity index (χ2v) is 7.62. The molecule has 0 N–H and O–H groups in total. The van der Waals surface area contributed by atoms with E-state index in [1.54, 1.807) is 79.7 Å². The molecule has 0 spiro atoms. The molecular formula is C29H23F3O2. The smallest absolute Gasteiger partial charge is 0.167 e. The van der Waals surface area contributed by atoms with Crippen LogP contribution in [0.15, 0.2) is 85.4 Å². The highest BCUT2D eigenvalue weighted by Gasteiger charge is 2.15. The highest BCUT2D eigenvalue weighted by molar-refractivity contribution is 5.67. The summed E-state index contributed by atoms with van der Waals surface area (Å²) in [6.07, 6.45) is 1.68. The molecule has 0 aliphatic rings. The van der Waals surface area contributed by atoms with Crippen molar-refractivity contribution in [2.45, 2.75) is 13.5 Å². The minimum absolute atomic E-state index is 0.113. The molecule has 34 heavy (non-hydrogen) atoms. The third-order valence-corrected chi connectivity index (χ3v) is 5.43. The summed E-state index contributed by atoms with van der Waals surface area (Å²) in [6.45, 7) is 5.74. The first-order valence-electron chi connectivity index (χ1n) is 10.9. The van der Waals surface area contributed by atoms with E-state index in [-0.39, 0.29) is 23.5 Å². The van der Waals surface area contributed by atoms with Crippen LogP contribution in [0.25, 0.3) is 28.3 Å². The van der Waals surface area contributed by atoms with Gasteiger partial charge in [0.15, 0.2) is 23.2 Å². The molecule has 4 rings (SSSR count). The lowest BCUT2D eigenvalue weighted by atomic mass is 10.0. The average molecular weight is 460 g/mol. The zero-order valence-electron chi connectivity index (χ0n) is 18.7. The minimum Gasteiger partial charge on any atom is -0.491 e. The second kappa shape index (κ2) is 10.3. The molecule has 0 fully saturated rings. The number of benzene rings is 4. The Balaban J connectivity index is 1.45. The summed E-state index contributed by atoms with van der Waals surface area (Å²) in [7, 11) is 0. The van der Waals surface area contributed by atoms with Crippen molar-refractivity contribution in [2.75, 3.05) is 6.61 Å². The van der Waals surface area contributed by atoms with Crippen LogP contribution in [0.5, 0.6) is 11.5 Å². The van der Waals surface area contributed by atoms with Gasteiger partial charge in [-0.3, -0.25) is 0 Å². The monoisotopic (exact) mass is 460 g/mol. The van der Waals surface area contributed by atoms with Crippen molar-refractivity contribution < 1.29 is 22.6 Å². The van der Waals surface area contributed by atoms with Gasteiger partial charge in [-0.15, -0.1) is 0 Å². The molecule has 0 saturated heterocycles. The molecule has 0 atom stereocenters. The van der Waals surface area contributed by atoms with Gasteiger partial charge in [0.25, 0.3) is 0 Å². The number of ether oxygens (including phenoxy) is 2. The van der Waals surface area contributed by atoms with Crippen LogP contribution < -0.4 is 9.47 Å². The first-order chi connectivity index (χ1) is 16.5. The van der Waals surface area contributed by atoms with Gasteiger partial charge in [-0.05, 0) is 53.4 Å². The Hall–Kier alpha value is -3.99. The molecule has 0 aromatic heterocycles. The second-order valence-electron chi connectivity index (χ2n) is 7.62. The zero-order chi connectivity index (χ0) is 24.1. The Morgan fingerprint density at radius 3 is 2.06 bits per heavy atom. The lowest BCUT2D eigenvalue weighted by Crippen LogP contribution is -2.02. The molecule has 4 aromatic carbocycles. The van der Waals surface area contributed by atoms with Crippen LogP contribution in [0.2, 0.25) is 0 Å². The van der Waals surface area contributed by atoms with Crippen LogP contribution in [0.4, 0.5) is 13.2 Å². The van der Waals surface area contributed by atoms with E-state index in [0.717, 1.165) is 11.1 Å². The van der Waals surface area contributed by atoms with E-state index in [4.69, 9.17) is 9.47 Å². The summed E-state index contributed by atoms with van der Waals surface area (Å²) in [4.78, 5) is 0. The number of rotatable bonds is 8. The van der Waals surface area contributed by atoms with E-state index in [1.807, 2.05) is 0 Å². The van der Waals surface area contributed by atoms with E-state index in [9.17, 15) is 13.2 Å². The van der Waals surface area contributed by atoms with Crippen molar-refractivity contribution in [3.05, 3.63) is 114 Å². The third kappa shape index (κ3) is 4.99. The lowest BCUT2D eigenvalue weighted by Gasteiger charge is -2.11. The maximum Gasteiger partial charge on any atom is 0.167 e. The van der Waals surface area contributed by atoms with Crippen molar-refractivity contribution in [3.8, 4) is 33.8 Å². The summed E-state index contributed by atoms with van der Waals surface area (Å²) in [5.41, 5.74) is 3.25. The number of hydrogen-bond donors (Lipinski definition) is 0. The molecule has 0 saturated carbocycles. The molecule has 5 heteroatoms. The molecule has 0 amide bonds. The molecule has 0 bridgehead atoms. The molecule has 0 aliphatic heterocycles. The molecule has 0 aliphatic carbocycles. The fraction of sp³-hybridized carbons (Fsp3) is 0.103. The van der Waals surface area contributed by atoms with Gasteiger partial charge < -0.3 is 9.47 Å². The Kier molecular flexibility index (Phi) is 7.02. The molecular weight excluding hydrogens is 437 g/mol. The highest BCUT2D eigenvalue weighted by atomic mass is 19.2. The summed E-state index contributed by atoms with van der Waals surface area (Å²) in [5.74, 6) is -1.59.